The summed E-state index contributed by atoms with van der Waals surface area (Å²) in [7, 11) is 2.13. The predicted octanol–water partition coefficient (Wildman–Crippen LogP) is 2.02. The molecule has 1 aromatic heterocycles. The first-order valence-corrected chi connectivity index (χ1v) is 7.75. The second-order valence-corrected chi connectivity index (χ2v) is 6.43. The molecule has 2 atom stereocenters. The van der Waals surface area contributed by atoms with E-state index in [0.29, 0.717) is 23.3 Å². The highest BCUT2D eigenvalue weighted by molar-refractivity contribution is 5.93. The Labute approximate surface area is 125 Å². The molecule has 3 rings (SSSR count). The molecule has 1 aromatic rings. The lowest BCUT2D eigenvalue weighted by molar-refractivity contribution is 0.0697. The Morgan fingerprint density at radius 3 is 3.00 bits per heavy atom. The Balaban J connectivity index is 1.86. The normalized spacial score (nSPS) is 25.6. The summed E-state index contributed by atoms with van der Waals surface area (Å²) in [5, 5.41) is 12.9. The minimum absolute atomic E-state index is 0.297. The summed E-state index contributed by atoms with van der Waals surface area (Å²) < 4.78 is 0. The van der Waals surface area contributed by atoms with Crippen molar-refractivity contribution in [2.75, 3.05) is 25.5 Å². The molecular weight excluding hydrogens is 266 g/mol. The third-order valence-electron chi connectivity index (χ3n) is 4.71. The van der Waals surface area contributed by atoms with E-state index in [1.165, 1.54) is 0 Å². The second kappa shape index (κ2) is 5.64. The van der Waals surface area contributed by atoms with Crippen LogP contribution in [-0.2, 0) is 12.8 Å². The summed E-state index contributed by atoms with van der Waals surface area (Å²) in [4.78, 5) is 18.4. The van der Waals surface area contributed by atoms with Gasteiger partial charge in [0.25, 0.3) is 0 Å². The number of nitrogens with zero attached hydrogens (tertiary/aromatic N) is 2. The zero-order chi connectivity index (χ0) is 15.0. The molecule has 21 heavy (non-hydrogen) atoms. The van der Waals surface area contributed by atoms with Gasteiger partial charge in [-0.3, -0.25) is 0 Å². The van der Waals surface area contributed by atoms with E-state index in [-0.39, 0.29) is 0 Å². The average molecular weight is 289 g/mol. The molecule has 0 amide bonds. The molecule has 2 unspecified atom stereocenters. The number of carboxylic acid groups (broad SMARTS) is 1. The number of piperidine rings is 1. The maximum atomic E-state index is 11.5. The molecule has 1 fully saturated rings. The lowest BCUT2D eigenvalue weighted by atomic mass is 9.94. The summed E-state index contributed by atoms with van der Waals surface area (Å²) in [6, 6.07) is 2.12. The van der Waals surface area contributed by atoms with Gasteiger partial charge in [0.1, 0.15) is 11.4 Å². The van der Waals surface area contributed by atoms with E-state index in [0.717, 1.165) is 50.0 Å². The Hall–Kier alpha value is -1.62. The fourth-order valence-corrected chi connectivity index (χ4v) is 3.49. The number of nitrogens with one attached hydrogen (secondary N) is 1. The van der Waals surface area contributed by atoms with Crippen LogP contribution >= 0.6 is 0 Å². The molecule has 2 heterocycles. The maximum absolute atomic E-state index is 11.5. The van der Waals surface area contributed by atoms with E-state index in [1.54, 1.807) is 0 Å². The van der Waals surface area contributed by atoms with Crippen LogP contribution in [0.25, 0.3) is 0 Å². The molecular formula is C16H23N3O2. The van der Waals surface area contributed by atoms with E-state index in [9.17, 15) is 9.90 Å². The number of likely N-dealkylation sites (tertiary alicyclic amines) is 1. The number of aromatic nitrogens is 1. The van der Waals surface area contributed by atoms with Gasteiger partial charge in [0, 0.05) is 18.3 Å². The van der Waals surface area contributed by atoms with Crippen LogP contribution in [0, 0.1) is 5.92 Å². The summed E-state index contributed by atoms with van der Waals surface area (Å²) in [6.45, 7) is 4.28. The topological polar surface area (TPSA) is 65.5 Å². The smallest absolute Gasteiger partial charge is 0.339 e. The van der Waals surface area contributed by atoms with Gasteiger partial charge in [-0.1, -0.05) is 6.92 Å². The van der Waals surface area contributed by atoms with Gasteiger partial charge in [0.05, 0.1) is 0 Å². The summed E-state index contributed by atoms with van der Waals surface area (Å²) >= 11 is 0. The highest BCUT2D eigenvalue weighted by atomic mass is 16.4. The second-order valence-electron chi connectivity index (χ2n) is 6.43. The highest BCUT2D eigenvalue weighted by Crippen LogP contribution is 2.27. The molecule has 2 aliphatic rings. The van der Waals surface area contributed by atoms with E-state index in [4.69, 9.17) is 0 Å². The zero-order valence-corrected chi connectivity index (χ0v) is 12.7. The number of fused-ring (bicyclic) bond motifs is 1. The Morgan fingerprint density at radius 1 is 1.48 bits per heavy atom. The quantitative estimate of drug-likeness (QED) is 0.891. The van der Waals surface area contributed by atoms with Crippen LogP contribution in [0.2, 0.25) is 0 Å². The Morgan fingerprint density at radius 2 is 2.29 bits per heavy atom. The number of hydrogen-bond acceptors (Lipinski definition) is 4. The first-order chi connectivity index (χ1) is 10.0. The van der Waals surface area contributed by atoms with Gasteiger partial charge >= 0.3 is 5.97 Å². The van der Waals surface area contributed by atoms with Crippen molar-refractivity contribution in [2.24, 2.45) is 5.92 Å². The molecule has 0 saturated carbocycles. The Kier molecular flexibility index (Phi) is 3.85. The fraction of sp³-hybridized carbons (Fsp3) is 0.625. The lowest BCUT2D eigenvalue weighted by Crippen LogP contribution is -2.43. The van der Waals surface area contributed by atoms with Gasteiger partial charge in [0.15, 0.2) is 0 Å². The molecule has 0 radical (unpaired) electrons. The molecule has 0 aromatic carbocycles. The molecule has 2 N–H and O–H groups in total. The number of aromatic carboxylic acids is 1. The number of anilines is 1. The van der Waals surface area contributed by atoms with Crippen LogP contribution in [0.1, 0.15) is 41.4 Å². The molecule has 0 bridgehead atoms. The summed E-state index contributed by atoms with van der Waals surface area (Å²) in [5.74, 6) is 0.158. The number of carboxylic acids is 1. The largest absolute Gasteiger partial charge is 0.478 e. The van der Waals surface area contributed by atoms with Crippen LogP contribution in [0.5, 0.6) is 0 Å². The number of rotatable bonds is 3. The van der Waals surface area contributed by atoms with E-state index in [2.05, 4.69) is 29.2 Å². The van der Waals surface area contributed by atoms with E-state index < -0.39 is 5.97 Å². The molecule has 1 saturated heterocycles. The fourth-order valence-electron chi connectivity index (χ4n) is 3.49. The van der Waals surface area contributed by atoms with Crippen LogP contribution in [0.15, 0.2) is 6.07 Å². The van der Waals surface area contributed by atoms with Gasteiger partial charge in [-0.15, -0.1) is 0 Å². The molecule has 1 aliphatic carbocycles. The van der Waals surface area contributed by atoms with Crippen LogP contribution in [0.3, 0.4) is 0 Å². The molecule has 0 spiro atoms. The van der Waals surface area contributed by atoms with Gasteiger partial charge in [-0.05, 0) is 56.8 Å². The molecule has 114 valence electrons. The van der Waals surface area contributed by atoms with Crippen LogP contribution < -0.4 is 5.32 Å². The van der Waals surface area contributed by atoms with Gasteiger partial charge < -0.3 is 15.3 Å². The van der Waals surface area contributed by atoms with Crippen molar-refractivity contribution in [1.29, 1.82) is 0 Å². The average Bonchev–Trinajstić information content (AvgIpc) is 2.88. The monoisotopic (exact) mass is 289 g/mol. The minimum Gasteiger partial charge on any atom is -0.478 e. The van der Waals surface area contributed by atoms with Crippen molar-refractivity contribution in [2.45, 2.75) is 38.6 Å². The van der Waals surface area contributed by atoms with Crippen molar-refractivity contribution >= 4 is 11.8 Å². The van der Waals surface area contributed by atoms with Crippen molar-refractivity contribution in [3.63, 3.8) is 0 Å². The predicted molar refractivity (Wildman–Crippen MR) is 81.9 cm³/mol. The first kappa shape index (κ1) is 14.3. The lowest BCUT2D eigenvalue weighted by Gasteiger charge is -2.35. The number of aryl methyl sites for hydroxylation is 2. The standard InChI is InChI=1S/C16H23N3O2/c1-10-9-19(2)7-6-13(10)17-15-12(16(20)21)8-11-4-3-5-14(11)18-15/h8,10,13H,3-7,9H2,1-2H3,(H,17,18)(H,20,21). The maximum Gasteiger partial charge on any atom is 0.339 e. The molecule has 5 nitrogen and oxygen atoms in total. The summed E-state index contributed by atoms with van der Waals surface area (Å²) in [5.41, 5.74) is 2.50. The van der Waals surface area contributed by atoms with E-state index >= 15 is 0 Å². The third kappa shape index (κ3) is 2.88. The van der Waals surface area contributed by atoms with Crippen molar-refractivity contribution in [3.05, 3.63) is 22.9 Å². The summed E-state index contributed by atoms with van der Waals surface area (Å²) in [6.07, 6.45) is 4.02. The number of carbonyl (C=O) groups is 1. The van der Waals surface area contributed by atoms with Crippen molar-refractivity contribution in [1.82, 2.24) is 9.88 Å². The number of pyridine rings is 1. The van der Waals surface area contributed by atoms with E-state index in [1.807, 2.05) is 6.07 Å². The minimum atomic E-state index is -0.889. The van der Waals surface area contributed by atoms with Crippen molar-refractivity contribution in [3.8, 4) is 0 Å². The van der Waals surface area contributed by atoms with Gasteiger partial charge in [-0.25, -0.2) is 9.78 Å². The number of hydrogen-bond donors (Lipinski definition) is 2. The SMILES string of the molecule is CC1CN(C)CCC1Nc1nc2c(cc1C(=O)O)CCC2. The van der Waals surface area contributed by atoms with Gasteiger partial charge in [-0.2, -0.15) is 0 Å². The van der Waals surface area contributed by atoms with Gasteiger partial charge in [0.2, 0.25) is 0 Å². The van der Waals surface area contributed by atoms with Crippen molar-refractivity contribution < 1.29 is 9.90 Å². The van der Waals surface area contributed by atoms with Crippen LogP contribution in [0.4, 0.5) is 5.82 Å². The first-order valence-electron chi connectivity index (χ1n) is 7.75. The Bertz CT molecular complexity index is 559. The zero-order valence-electron chi connectivity index (χ0n) is 12.7. The molecule has 5 heteroatoms. The van der Waals surface area contributed by atoms with Crippen LogP contribution in [-0.4, -0.2) is 47.1 Å². The third-order valence-corrected chi connectivity index (χ3v) is 4.71. The highest BCUT2D eigenvalue weighted by Gasteiger charge is 2.27. The molecule has 1 aliphatic heterocycles.